The maximum Gasteiger partial charge on any atom is 0.240 e. The summed E-state index contributed by atoms with van der Waals surface area (Å²) in [5.41, 5.74) is 6.45. The van der Waals surface area contributed by atoms with Gasteiger partial charge in [0.1, 0.15) is 4.90 Å². The summed E-state index contributed by atoms with van der Waals surface area (Å²) in [5.74, 6) is 0. The minimum Gasteiger partial charge on any atom is -0.399 e. The molecule has 1 heterocycles. The molecule has 0 aromatic heterocycles. The molecule has 0 amide bonds. The van der Waals surface area contributed by atoms with Gasteiger partial charge in [-0.2, -0.15) is 0 Å². The Hall–Kier alpha value is -1.35. The number of morpholine rings is 1. The number of ether oxygens (including phenoxy) is 1. The van der Waals surface area contributed by atoms with Crippen molar-refractivity contribution in [1.29, 1.82) is 0 Å². The van der Waals surface area contributed by atoms with E-state index in [1.165, 1.54) is 6.07 Å². The van der Waals surface area contributed by atoms with Crippen molar-refractivity contribution in [3.8, 4) is 0 Å². The van der Waals surface area contributed by atoms with E-state index in [-0.39, 0.29) is 4.90 Å². The van der Waals surface area contributed by atoms with Crippen LogP contribution in [0.4, 0.5) is 11.4 Å². The summed E-state index contributed by atoms with van der Waals surface area (Å²) in [6.07, 6.45) is 0. The number of benzene rings is 1. The van der Waals surface area contributed by atoms with Crippen LogP contribution in [0, 0.1) is 0 Å². The Morgan fingerprint density at radius 2 is 2.00 bits per heavy atom. The molecule has 7 nitrogen and oxygen atoms in total. The molecule has 0 unspecified atom stereocenters. The number of nitrogens with two attached hydrogens (primary N) is 2. The van der Waals surface area contributed by atoms with Gasteiger partial charge in [0, 0.05) is 31.9 Å². The fraction of sp³-hybridized carbons (Fsp3) is 0.500. The summed E-state index contributed by atoms with van der Waals surface area (Å²) >= 11 is 0. The Morgan fingerprint density at radius 3 is 2.65 bits per heavy atom. The number of hydrogen-bond acceptors (Lipinski definition) is 6. The van der Waals surface area contributed by atoms with Gasteiger partial charge in [0.15, 0.2) is 0 Å². The van der Waals surface area contributed by atoms with Crippen LogP contribution in [-0.2, 0) is 14.8 Å². The monoisotopic (exact) mass is 300 g/mol. The Balaban J connectivity index is 1.98. The van der Waals surface area contributed by atoms with Crippen molar-refractivity contribution in [2.75, 3.05) is 50.4 Å². The van der Waals surface area contributed by atoms with Crippen molar-refractivity contribution in [2.45, 2.75) is 4.90 Å². The molecule has 1 aliphatic heterocycles. The van der Waals surface area contributed by atoms with Crippen molar-refractivity contribution in [2.24, 2.45) is 5.14 Å². The van der Waals surface area contributed by atoms with E-state index in [1.807, 2.05) is 0 Å². The summed E-state index contributed by atoms with van der Waals surface area (Å²) in [6.45, 7) is 4.72. The van der Waals surface area contributed by atoms with Crippen molar-refractivity contribution >= 4 is 21.4 Å². The third kappa shape index (κ3) is 4.07. The molecule has 8 heteroatoms. The zero-order valence-electron chi connectivity index (χ0n) is 11.2. The van der Waals surface area contributed by atoms with Crippen LogP contribution in [0.5, 0.6) is 0 Å². The van der Waals surface area contributed by atoms with Crippen LogP contribution in [0.3, 0.4) is 0 Å². The van der Waals surface area contributed by atoms with E-state index in [1.54, 1.807) is 12.1 Å². The van der Waals surface area contributed by atoms with Crippen LogP contribution in [0.2, 0.25) is 0 Å². The number of nitrogens with one attached hydrogen (secondary N) is 1. The lowest BCUT2D eigenvalue weighted by atomic mass is 10.3. The first-order valence-corrected chi connectivity index (χ1v) is 7.98. The molecule has 0 atom stereocenters. The Bertz CT molecular complexity index is 556. The third-order valence-corrected chi connectivity index (χ3v) is 4.11. The first kappa shape index (κ1) is 15.0. The quantitative estimate of drug-likeness (QED) is 0.642. The van der Waals surface area contributed by atoms with Gasteiger partial charge in [-0.15, -0.1) is 0 Å². The highest BCUT2D eigenvalue weighted by molar-refractivity contribution is 7.89. The standard InChI is InChI=1S/C12H20N4O3S/c13-10-1-2-11(12(9-10)20(14,17)18)15-3-4-16-5-7-19-8-6-16/h1-2,9,15H,3-8,13H2,(H2,14,17,18). The van der Waals surface area contributed by atoms with E-state index in [0.717, 1.165) is 32.8 Å². The van der Waals surface area contributed by atoms with Crippen LogP contribution in [0.25, 0.3) is 0 Å². The Morgan fingerprint density at radius 1 is 1.30 bits per heavy atom. The van der Waals surface area contributed by atoms with Crippen LogP contribution in [0.1, 0.15) is 0 Å². The predicted octanol–water partition coefficient (Wildman–Crippen LogP) is -0.340. The average Bonchev–Trinajstić information content (AvgIpc) is 2.40. The van der Waals surface area contributed by atoms with Gasteiger partial charge in [-0.05, 0) is 18.2 Å². The summed E-state index contributed by atoms with van der Waals surface area (Å²) < 4.78 is 28.3. The molecule has 0 bridgehead atoms. The van der Waals surface area contributed by atoms with Gasteiger partial charge in [-0.25, -0.2) is 13.6 Å². The van der Waals surface area contributed by atoms with Crippen LogP contribution in [0.15, 0.2) is 23.1 Å². The maximum absolute atomic E-state index is 11.5. The molecule has 0 saturated carbocycles. The smallest absolute Gasteiger partial charge is 0.240 e. The largest absolute Gasteiger partial charge is 0.399 e. The van der Waals surface area contributed by atoms with Gasteiger partial charge in [-0.3, -0.25) is 4.90 Å². The van der Waals surface area contributed by atoms with Gasteiger partial charge in [0.25, 0.3) is 0 Å². The fourth-order valence-corrected chi connectivity index (χ4v) is 2.84. The summed E-state index contributed by atoms with van der Waals surface area (Å²) in [6, 6.07) is 4.65. The fourth-order valence-electron chi connectivity index (χ4n) is 2.09. The minimum atomic E-state index is -3.79. The molecule has 0 radical (unpaired) electrons. The molecule has 1 aromatic rings. The van der Waals surface area contributed by atoms with Crippen LogP contribution >= 0.6 is 0 Å². The Kier molecular flexibility index (Phi) is 4.81. The second-order valence-corrected chi connectivity index (χ2v) is 6.21. The third-order valence-electron chi connectivity index (χ3n) is 3.16. The predicted molar refractivity (Wildman–Crippen MR) is 78.0 cm³/mol. The summed E-state index contributed by atoms with van der Waals surface area (Å²) in [4.78, 5) is 2.28. The number of primary sulfonamides is 1. The highest BCUT2D eigenvalue weighted by Crippen LogP contribution is 2.22. The minimum absolute atomic E-state index is 0.0273. The van der Waals surface area contributed by atoms with Crippen molar-refractivity contribution in [1.82, 2.24) is 4.90 Å². The first-order chi connectivity index (χ1) is 9.47. The zero-order valence-corrected chi connectivity index (χ0v) is 12.0. The molecule has 5 N–H and O–H groups in total. The molecule has 0 spiro atoms. The SMILES string of the molecule is Nc1ccc(NCCN2CCOCC2)c(S(N)(=O)=O)c1. The topological polar surface area (TPSA) is 111 Å². The molecule has 0 aliphatic carbocycles. The van der Waals surface area contributed by atoms with Crippen LogP contribution < -0.4 is 16.2 Å². The molecule has 1 fully saturated rings. The van der Waals surface area contributed by atoms with Gasteiger partial charge in [-0.1, -0.05) is 0 Å². The molecule has 1 aromatic carbocycles. The average molecular weight is 300 g/mol. The molecule has 112 valence electrons. The van der Waals surface area contributed by atoms with Crippen molar-refractivity contribution in [3.63, 3.8) is 0 Å². The number of hydrogen-bond donors (Lipinski definition) is 3. The number of sulfonamides is 1. The maximum atomic E-state index is 11.5. The highest BCUT2D eigenvalue weighted by atomic mass is 32.2. The van der Waals surface area contributed by atoms with E-state index in [0.29, 0.717) is 17.9 Å². The first-order valence-electron chi connectivity index (χ1n) is 6.43. The number of anilines is 2. The number of nitrogen functional groups attached to an aromatic ring is 1. The van der Waals surface area contributed by atoms with Gasteiger partial charge < -0.3 is 15.8 Å². The lowest BCUT2D eigenvalue weighted by Crippen LogP contribution is -2.39. The molecule has 2 rings (SSSR count). The van der Waals surface area contributed by atoms with E-state index >= 15 is 0 Å². The van der Waals surface area contributed by atoms with E-state index in [9.17, 15) is 8.42 Å². The van der Waals surface area contributed by atoms with E-state index in [2.05, 4.69) is 10.2 Å². The number of nitrogens with zero attached hydrogens (tertiary/aromatic N) is 1. The molecule has 1 saturated heterocycles. The van der Waals surface area contributed by atoms with Gasteiger partial charge in [0.05, 0.1) is 18.9 Å². The lowest BCUT2D eigenvalue weighted by Gasteiger charge is -2.26. The molecule has 20 heavy (non-hydrogen) atoms. The molecular weight excluding hydrogens is 280 g/mol. The highest BCUT2D eigenvalue weighted by Gasteiger charge is 2.15. The van der Waals surface area contributed by atoms with Gasteiger partial charge >= 0.3 is 0 Å². The van der Waals surface area contributed by atoms with Crippen LogP contribution in [-0.4, -0.2) is 52.7 Å². The van der Waals surface area contributed by atoms with Crippen molar-refractivity contribution < 1.29 is 13.2 Å². The zero-order chi connectivity index (χ0) is 14.6. The molecule has 1 aliphatic rings. The molecular formula is C12H20N4O3S. The van der Waals surface area contributed by atoms with E-state index < -0.39 is 10.0 Å². The van der Waals surface area contributed by atoms with E-state index in [4.69, 9.17) is 15.6 Å². The summed E-state index contributed by atoms with van der Waals surface area (Å²) in [7, 11) is -3.79. The summed E-state index contributed by atoms with van der Waals surface area (Å²) in [5, 5.41) is 8.29. The second kappa shape index (κ2) is 6.40. The van der Waals surface area contributed by atoms with Gasteiger partial charge in [0.2, 0.25) is 10.0 Å². The number of rotatable bonds is 5. The lowest BCUT2D eigenvalue weighted by molar-refractivity contribution is 0.0398. The normalized spacial score (nSPS) is 17.1. The Labute approximate surface area is 118 Å². The van der Waals surface area contributed by atoms with Crippen molar-refractivity contribution in [3.05, 3.63) is 18.2 Å². The second-order valence-electron chi connectivity index (χ2n) is 4.68.